The Hall–Kier alpha value is -2.16. The predicted octanol–water partition coefficient (Wildman–Crippen LogP) is 0.619. The smallest absolute Gasteiger partial charge is 0.256 e. The minimum absolute atomic E-state index is 0. The molecule has 0 bridgehead atoms. The average molecular weight is 399 g/mol. The molecule has 2 rings (SSSR count). The van der Waals surface area contributed by atoms with E-state index in [-0.39, 0.29) is 36.7 Å². The molecule has 0 spiro atoms. The van der Waals surface area contributed by atoms with Crippen molar-refractivity contribution in [3.8, 4) is 0 Å². The van der Waals surface area contributed by atoms with E-state index in [0.717, 1.165) is 0 Å². The highest BCUT2D eigenvalue weighted by Crippen LogP contribution is 2.18. The maximum atomic E-state index is 12.7. The first-order valence-corrected chi connectivity index (χ1v) is 8.69. The lowest BCUT2D eigenvalue weighted by molar-refractivity contribution is -0.125. The van der Waals surface area contributed by atoms with Crippen LogP contribution in [0.5, 0.6) is 0 Å². The first kappa shape index (κ1) is 22.9. The van der Waals surface area contributed by atoms with Crippen molar-refractivity contribution in [2.45, 2.75) is 19.9 Å². The van der Waals surface area contributed by atoms with Gasteiger partial charge in [0.05, 0.1) is 37.1 Å². The molecule has 1 aromatic rings. The summed E-state index contributed by atoms with van der Waals surface area (Å²) in [5.41, 5.74) is 6.56. The van der Waals surface area contributed by atoms with Gasteiger partial charge in [0.25, 0.3) is 5.91 Å². The average Bonchev–Trinajstić information content (AvgIpc) is 2.66. The highest BCUT2D eigenvalue weighted by molar-refractivity contribution is 6.04. The summed E-state index contributed by atoms with van der Waals surface area (Å²) in [7, 11) is 0. The van der Waals surface area contributed by atoms with Crippen molar-refractivity contribution in [3.05, 3.63) is 29.8 Å². The van der Waals surface area contributed by atoms with Gasteiger partial charge in [0, 0.05) is 13.1 Å². The minimum Gasteiger partial charge on any atom is -0.378 e. The first-order valence-electron chi connectivity index (χ1n) is 8.69. The number of carbonyl (C=O) groups excluding carboxylic acids is 3. The highest BCUT2D eigenvalue weighted by atomic mass is 35.5. The van der Waals surface area contributed by atoms with Crippen molar-refractivity contribution in [1.82, 2.24) is 10.2 Å². The highest BCUT2D eigenvalue weighted by Gasteiger charge is 2.22. The largest absolute Gasteiger partial charge is 0.378 e. The lowest BCUT2D eigenvalue weighted by Gasteiger charge is -2.27. The second-order valence-corrected chi connectivity index (χ2v) is 6.49. The van der Waals surface area contributed by atoms with Gasteiger partial charge >= 0.3 is 0 Å². The number of morpholine rings is 1. The van der Waals surface area contributed by atoms with E-state index in [9.17, 15) is 14.4 Å². The Labute approximate surface area is 165 Å². The second-order valence-electron chi connectivity index (χ2n) is 6.49. The molecule has 27 heavy (non-hydrogen) atoms. The molecule has 1 aliphatic rings. The maximum absolute atomic E-state index is 12.7. The van der Waals surface area contributed by atoms with Crippen LogP contribution in [-0.2, 0) is 14.3 Å². The van der Waals surface area contributed by atoms with Gasteiger partial charge in [-0.3, -0.25) is 14.4 Å². The molecule has 0 radical (unpaired) electrons. The Morgan fingerprint density at radius 2 is 1.81 bits per heavy atom. The van der Waals surface area contributed by atoms with Crippen LogP contribution in [0.2, 0.25) is 0 Å². The van der Waals surface area contributed by atoms with Crippen LogP contribution in [0.25, 0.3) is 0 Å². The molecule has 0 unspecified atom stereocenters. The number of rotatable bonds is 6. The van der Waals surface area contributed by atoms with Gasteiger partial charge in [0.15, 0.2) is 0 Å². The fourth-order valence-corrected chi connectivity index (χ4v) is 2.50. The monoisotopic (exact) mass is 398 g/mol. The fourth-order valence-electron chi connectivity index (χ4n) is 2.50. The quantitative estimate of drug-likeness (QED) is 0.650. The molecule has 1 atom stereocenters. The van der Waals surface area contributed by atoms with E-state index in [0.29, 0.717) is 37.6 Å². The van der Waals surface area contributed by atoms with E-state index >= 15 is 0 Å². The Bertz CT molecular complexity index is 663. The van der Waals surface area contributed by atoms with Crippen molar-refractivity contribution in [1.29, 1.82) is 0 Å². The zero-order valence-electron chi connectivity index (χ0n) is 15.6. The molecule has 0 aliphatic carbocycles. The fraction of sp³-hybridized carbons (Fsp3) is 0.500. The van der Waals surface area contributed by atoms with Crippen LogP contribution in [0.3, 0.4) is 0 Å². The van der Waals surface area contributed by atoms with Crippen LogP contribution in [-0.4, -0.2) is 61.5 Å². The van der Waals surface area contributed by atoms with E-state index in [1.807, 2.05) is 13.8 Å². The topological polar surface area (TPSA) is 114 Å². The number of hydrogen-bond donors (Lipinski definition) is 3. The van der Waals surface area contributed by atoms with E-state index in [4.69, 9.17) is 10.5 Å². The van der Waals surface area contributed by atoms with Crippen LogP contribution in [0, 0.1) is 5.92 Å². The molecular formula is C18H27ClN4O4. The first-order chi connectivity index (χ1) is 12.4. The molecule has 1 aromatic carbocycles. The Kier molecular flexibility index (Phi) is 9.20. The van der Waals surface area contributed by atoms with Crippen molar-refractivity contribution in [2.75, 3.05) is 38.2 Å². The number of para-hydroxylation sites is 1. The normalized spacial score (nSPS) is 14.9. The SMILES string of the molecule is CC(C)[C@H](N)C(=O)NCC(=O)Nc1ccccc1C(=O)N1CCOCC1.Cl. The lowest BCUT2D eigenvalue weighted by atomic mass is 10.1. The van der Waals surface area contributed by atoms with Gasteiger partial charge in [-0.05, 0) is 18.1 Å². The summed E-state index contributed by atoms with van der Waals surface area (Å²) in [5, 5.41) is 5.19. The third-order valence-electron chi connectivity index (χ3n) is 4.17. The van der Waals surface area contributed by atoms with Crippen LogP contribution >= 0.6 is 12.4 Å². The molecule has 0 saturated carbocycles. The molecule has 8 nitrogen and oxygen atoms in total. The summed E-state index contributed by atoms with van der Waals surface area (Å²) in [6.07, 6.45) is 0. The third-order valence-corrected chi connectivity index (χ3v) is 4.17. The predicted molar refractivity (Wildman–Crippen MR) is 105 cm³/mol. The van der Waals surface area contributed by atoms with Crippen molar-refractivity contribution in [2.24, 2.45) is 11.7 Å². The van der Waals surface area contributed by atoms with E-state index < -0.39 is 11.9 Å². The molecule has 0 aromatic heterocycles. The molecule has 1 aliphatic heterocycles. The molecule has 1 saturated heterocycles. The van der Waals surface area contributed by atoms with Gasteiger partial charge in [0.2, 0.25) is 11.8 Å². The van der Waals surface area contributed by atoms with E-state index in [2.05, 4.69) is 10.6 Å². The van der Waals surface area contributed by atoms with Gasteiger partial charge in [-0.15, -0.1) is 12.4 Å². The number of nitrogens with two attached hydrogens (primary N) is 1. The summed E-state index contributed by atoms with van der Waals surface area (Å²) in [6.45, 7) is 5.49. The second kappa shape index (κ2) is 10.9. The van der Waals surface area contributed by atoms with Crippen molar-refractivity contribution >= 4 is 35.8 Å². The lowest BCUT2D eigenvalue weighted by Crippen LogP contribution is -2.46. The molecule has 1 heterocycles. The summed E-state index contributed by atoms with van der Waals surface area (Å²) >= 11 is 0. The summed E-state index contributed by atoms with van der Waals surface area (Å²) in [6, 6.07) is 6.14. The Morgan fingerprint density at radius 1 is 1.19 bits per heavy atom. The summed E-state index contributed by atoms with van der Waals surface area (Å²) in [4.78, 5) is 38.3. The van der Waals surface area contributed by atoms with Gasteiger partial charge < -0.3 is 26.0 Å². The number of nitrogens with one attached hydrogen (secondary N) is 2. The summed E-state index contributed by atoms with van der Waals surface area (Å²) < 4.78 is 5.26. The van der Waals surface area contributed by atoms with Crippen LogP contribution in [0.1, 0.15) is 24.2 Å². The molecule has 1 fully saturated rings. The van der Waals surface area contributed by atoms with E-state index in [1.165, 1.54) is 0 Å². The molecule has 4 N–H and O–H groups in total. The number of nitrogens with zero attached hydrogens (tertiary/aromatic N) is 1. The van der Waals surface area contributed by atoms with Gasteiger partial charge in [-0.25, -0.2) is 0 Å². The molecule has 150 valence electrons. The van der Waals surface area contributed by atoms with Gasteiger partial charge in [-0.2, -0.15) is 0 Å². The molecule has 3 amide bonds. The number of anilines is 1. The Morgan fingerprint density at radius 3 is 2.44 bits per heavy atom. The third kappa shape index (κ3) is 6.50. The molecule has 9 heteroatoms. The van der Waals surface area contributed by atoms with Gasteiger partial charge in [-0.1, -0.05) is 26.0 Å². The summed E-state index contributed by atoms with van der Waals surface area (Å²) in [5.74, 6) is -0.982. The van der Waals surface area contributed by atoms with Gasteiger partial charge in [0.1, 0.15) is 0 Å². The number of amides is 3. The maximum Gasteiger partial charge on any atom is 0.256 e. The number of hydrogen-bond acceptors (Lipinski definition) is 5. The zero-order chi connectivity index (χ0) is 19.1. The number of halogens is 1. The van der Waals surface area contributed by atoms with Crippen LogP contribution < -0.4 is 16.4 Å². The van der Waals surface area contributed by atoms with Crippen LogP contribution in [0.15, 0.2) is 24.3 Å². The molecular weight excluding hydrogens is 372 g/mol. The van der Waals surface area contributed by atoms with E-state index in [1.54, 1.807) is 29.2 Å². The number of ether oxygens (including phenoxy) is 1. The zero-order valence-corrected chi connectivity index (χ0v) is 16.4. The van der Waals surface area contributed by atoms with Crippen LogP contribution in [0.4, 0.5) is 5.69 Å². The Balaban J connectivity index is 0.00000364. The van der Waals surface area contributed by atoms with Crippen molar-refractivity contribution in [3.63, 3.8) is 0 Å². The number of benzene rings is 1. The standard InChI is InChI=1S/C18H26N4O4.ClH/c1-12(2)16(19)17(24)20-11-15(23)21-14-6-4-3-5-13(14)18(25)22-7-9-26-10-8-22;/h3-6,12,16H,7-11,19H2,1-2H3,(H,20,24)(H,21,23);1H/t16-;/m0./s1. The minimum atomic E-state index is -0.669. The number of carbonyl (C=O) groups is 3. The van der Waals surface area contributed by atoms with Crippen molar-refractivity contribution < 1.29 is 19.1 Å².